The van der Waals surface area contributed by atoms with Crippen molar-refractivity contribution >= 4 is 0 Å². The van der Waals surface area contributed by atoms with Crippen LogP contribution < -0.4 is 0 Å². The van der Waals surface area contributed by atoms with Crippen LogP contribution in [-0.4, -0.2) is 24.8 Å². The molecule has 0 amide bonds. The maximum absolute atomic E-state index is 8.25. The van der Waals surface area contributed by atoms with Crippen LogP contribution in [0, 0.1) is 11.3 Å². The van der Waals surface area contributed by atoms with E-state index in [2.05, 4.69) is 0 Å². The van der Waals surface area contributed by atoms with Gasteiger partial charge in [-0.2, -0.15) is 10.3 Å². The second-order valence-electron chi connectivity index (χ2n) is 2.06. The van der Waals surface area contributed by atoms with E-state index in [9.17, 15) is 0 Å². The molecule has 9 heavy (non-hydrogen) atoms. The molecule has 3 nitrogen and oxygen atoms in total. The zero-order chi connectivity index (χ0) is 6.53. The minimum absolute atomic E-state index is 0.403. The summed E-state index contributed by atoms with van der Waals surface area (Å²) in [6, 6.07) is 2.04. The van der Waals surface area contributed by atoms with Crippen LogP contribution >= 0.6 is 0 Å². The Morgan fingerprint density at radius 3 is 3.00 bits per heavy atom. The molecule has 1 aliphatic heterocycles. The first kappa shape index (κ1) is 6.53. The summed E-state index contributed by atoms with van der Waals surface area (Å²) in [6.07, 6.45) is 2.28. The van der Waals surface area contributed by atoms with Crippen LogP contribution in [0.15, 0.2) is 0 Å². The molecule has 1 aliphatic rings. The summed E-state index contributed by atoms with van der Waals surface area (Å²) in [6.45, 7) is 2.09. The van der Waals surface area contributed by atoms with Gasteiger partial charge in [0.15, 0.2) is 0 Å². The first-order valence-corrected chi connectivity index (χ1v) is 3.18. The highest BCUT2D eigenvalue weighted by Crippen LogP contribution is 2.03. The van der Waals surface area contributed by atoms with E-state index < -0.39 is 0 Å². The fraction of sp³-hybridized carbons (Fsp3) is 0.833. The molecule has 0 aromatic heterocycles. The molecule has 1 saturated heterocycles. The Labute approximate surface area is 54.8 Å². The van der Waals surface area contributed by atoms with Gasteiger partial charge in [0.1, 0.15) is 6.54 Å². The van der Waals surface area contributed by atoms with Gasteiger partial charge < -0.3 is 0 Å². The summed E-state index contributed by atoms with van der Waals surface area (Å²) in [5.74, 6) is 0. The summed E-state index contributed by atoms with van der Waals surface area (Å²) in [5, 5.41) is 9.96. The molecule has 1 rings (SSSR count). The molecule has 50 valence electrons. The predicted octanol–water partition coefficient (Wildman–Crippen LogP) is 0.537. The van der Waals surface area contributed by atoms with Crippen LogP contribution in [0.3, 0.4) is 0 Å². The summed E-state index contributed by atoms with van der Waals surface area (Å²) in [4.78, 5) is 5.13. The average Bonchev–Trinajstić information content (AvgIpc) is 1.91. The molecule has 0 aromatic carbocycles. The molecular weight excluding hydrogens is 116 g/mol. The van der Waals surface area contributed by atoms with E-state index in [0.29, 0.717) is 6.54 Å². The van der Waals surface area contributed by atoms with Crippen molar-refractivity contribution in [3.8, 4) is 6.07 Å². The summed E-state index contributed by atoms with van der Waals surface area (Å²) >= 11 is 0. The minimum atomic E-state index is 0.403. The number of nitrogens with zero attached hydrogens (tertiary/aromatic N) is 2. The average molecular weight is 126 g/mol. The van der Waals surface area contributed by atoms with Crippen molar-refractivity contribution in [3.63, 3.8) is 0 Å². The van der Waals surface area contributed by atoms with Crippen LogP contribution in [0.25, 0.3) is 0 Å². The number of rotatable bonds is 1. The highest BCUT2D eigenvalue weighted by Gasteiger charge is 2.08. The Morgan fingerprint density at radius 2 is 2.44 bits per heavy atom. The highest BCUT2D eigenvalue weighted by molar-refractivity contribution is 4.73. The molecule has 0 radical (unpaired) electrons. The van der Waals surface area contributed by atoms with Crippen LogP contribution in [0.4, 0.5) is 0 Å². The third-order valence-electron chi connectivity index (χ3n) is 1.32. The minimum Gasteiger partial charge on any atom is -0.298 e. The zero-order valence-electron chi connectivity index (χ0n) is 5.34. The van der Waals surface area contributed by atoms with Crippen molar-refractivity contribution in [1.82, 2.24) is 5.06 Å². The SMILES string of the molecule is N#CCN1CCCCO1. The fourth-order valence-corrected chi connectivity index (χ4v) is 0.852. The first-order chi connectivity index (χ1) is 4.43. The number of nitriles is 1. The Bertz CT molecular complexity index is 113. The number of hydrogen-bond acceptors (Lipinski definition) is 3. The van der Waals surface area contributed by atoms with E-state index in [0.717, 1.165) is 26.0 Å². The Kier molecular flexibility index (Phi) is 2.49. The Hall–Kier alpha value is -0.590. The summed E-state index contributed by atoms with van der Waals surface area (Å²) < 4.78 is 0. The largest absolute Gasteiger partial charge is 0.298 e. The monoisotopic (exact) mass is 126 g/mol. The van der Waals surface area contributed by atoms with Crippen molar-refractivity contribution in [2.45, 2.75) is 12.8 Å². The lowest BCUT2D eigenvalue weighted by Crippen LogP contribution is -2.30. The van der Waals surface area contributed by atoms with Gasteiger partial charge in [0.05, 0.1) is 12.7 Å². The van der Waals surface area contributed by atoms with E-state index in [1.54, 1.807) is 5.06 Å². The molecule has 3 heteroatoms. The smallest absolute Gasteiger partial charge is 0.111 e. The maximum Gasteiger partial charge on any atom is 0.111 e. The second-order valence-corrected chi connectivity index (χ2v) is 2.06. The molecule has 0 unspecified atom stereocenters. The van der Waals surface area contributed by atoms with Gasteiger partial charge in [0.25, 0.3) is 0 Å². The Morgan fingerprint density at radius 1 is 1.56 bits per heavy atom. The van der Waals surface area contributed by atoms with E-state index in [-0.39, 0.29) is 0 Å². The van der Waals surface area contributed by atoms with Crippen LogP contribution in [0.2, 0.25) is 0 Å². The van der Waals surface area contributed by atoms with Crippen LogP contribution in [-0.2, 0) is 4.84 Å². The van der Waals surface area contributed by atoms with Gasteiger partial charge >= 0.3 is 0 Å². The topological polar surface area (TPSA) is 36.3 Å². The van der Waals surface area contributed by atoms with Gasteiger partial charge in [-0.1, -0.05) is 0 Å². The molecule has 0 saturated carbocycles. The van der Waals surface area contributed by atoms with Gasteiger partial charge in [-0.15, -0.1) is 0 Å². The molecule has 0 bridgehead atoms. The lowest BCUT2D eigenvalue weighted by molar-refractivity contribution is -0.171. The molecule has 0 N–H and O–H groups in total. The second kappa shape index (κ2) is 3.44. The number of hydrogen-bond donors (Lipinski definition) is 0. The Balaban J connectivity index is 2.17. The van der Waals surface area contributed by atoms with E-state index in [1.807, 2.05) is 6.07 Å². The van der Waals surface area contributed by atoms with Gasteiger partial charge in [-0.25, -0.2) is 0 Å². The standard InChI is InChI=1S/C6H10N2O/c7-3-5-8-4-1-2-6-9-8/h1-2,4-6H2. The van der Waals surface area contributed by atoms with Crippen molar-refractivity contribution in [2.24, 2.45) is 0 Å². The molecule has 1 heterocycles. The lowest BCUT2D eigenvalue weighted by atomic mass is 10.3. The van der Waals surface area contributed by atoms with Gasteiger partial charge in [0.2, 0.25) is 0 Å². The molecule has 0 aliphatic carbocycles. The van der Waals surface area contributed by atoms with Gasteiger partial charge in [0, 0.05) is 6.54 Å². The normalized spacial score (nSPS) is 21.2. The lowest BCUT2D eigenvalue weighted by Gasteiger charge is -2.22. The highest BCUT2D eigenvalue weighted by atomic mass is 16.7. The molecular formula is C6H10N2O. The van der Waals surface area contributed by atoms with Crippen molar-refractivity contribution in [3.05, 3.63) is 0 Å². The van der Waals surface area contributed by atoms with Gasteiger partial charge in [-0.3, -0.25) is 4.84 Å². The third-order valence-corrected chi connectivity index (χ3v) is 1.32. The van der Waals surface area contributed by atoms with E-state index in [1.165, 1.54) is 0 Å². The molecule has 0 aromatic rings. The van der Waals surface area contributed by atoms with E-state index in [4.69, 9.17) is 10.1 Å². The predicted molar refractivity (Wildman–Crippen MR) is 32.4 cm³/mol. The molecule has 0 spiro atoms. The van der Waals surface area contributed by atoms with Crippen molar-refractivity contribution < 1.29 is 4.84 Å². The van der Waals surface area contributed by atoms with Crippen LogP contribution in [0.1, 0.15) is 12.8 Å². The quantitative estimate of drug-likeness (QED) is 0.481. The fourth-order valence-electron chi connectivity index (χ4n) is 0.852. The maximum atomic E-state index is 8.25. The van der Waals surface area contributed by atoms with E-state index >= 15 is 0 Å². The zero-order valence-corrected chi connectivity index (χ0v) is 5.34. The number of hydroxylamine groups is 2. The first-order valence-electron chi connectivity index (χ1n) is 3.18. The van der Waals surface area contributed by atoms with Crippen molar-refractivity contribution in [1.29, 1.82) is 5.26 Å². The summed E-state index contributed by atoms with van der Waals surface area (Å²) in [7, 11) is 0. The summed E-state index contributed by atoms with van der Waals surface area (Å²) in [5.41, 5.74) is 0. The molecule has 0 atom stereocenters. The van der Waals surface area contributed by atoms with Gasteiger partial charge in [-0.05, 0) is 12.8 Å². The molecule has 1 fully saturated rings. The van der Waals surface area contributed by atoms with Crippen LogP contribution in [0.5, 0.6) is 0 Å². The van der Waals surface area contributed by atoms with Crippen molar-refractivity contribution in [2.75, 3.05) is 19.7 Å². The third kappa shape index (κ3) is 2.00.